The third-order valence-electron chi connectivity index (χ3n) is 9.51. The molecule has 10 aromatic rings. The zero-order chi connectivity index (χ0) is 31.8. The second kappa shape index (κ2) is 10.2. The molecule has 0 fully saturated rings. The molecule has 3 aromatic heterocycles. The molecule has 0 aliphatic rings. The molecule has 7 aromatic carbocycles. The van der Waals surface area contributed by atoms with Crippen molar-refractivity contribution in [1.29, 1.82) is 0 Å². The fourth-order valence-electron chi connectivity index (χ4n) is 7.51. The van der Waals surface area contributed by atoms with Gasteiger partial charge in [0.15, 0.2) is 0 Å². The van der Waals surface area contributed by atoms with Crippen molar-refractivity contribution in [1.82, 2.24) is 19.1 Å². The van der Waals surface area contributed by atoms with Gasteiger partial charge in [0.2, 0.25) is 5.95 Å². The average Bonchev–Trinajstić information content (AvgIpc) is 3.51. The lowest BCUT2D eigenvalue weighted by Crippen LogP contribution is -2.20. The highest BCUT2D eigenvalue weighted by Gasteiger charge is 2.25. The minimum absolute atomic E-state index is 0.0675. The molecule has 0 unspecified atom stereocenters. The summed E-state index contributed by atoms with van der Waals surface area (Å²) >= 11 is 0. The molecule has 0 spiro atoms. The normalized spacial score (nSPS) is 11.8. The van der Waals surface area contributed by atoms with Crippen molar-refractivity contribution in [3.8, 4) is 22.9 Å². The quantitative estimate of drug-likeness (QED) is 0.186. The van der Waals surface area contributed by atoms with E-state index in [9.17, 15) is 4.79 Å². The van der Waals surface area contributed by atoms with Gasteiger partial charge in [0.1, 0.15) is 0 Å². The van der Waals surface area contributed by atoms with Crippen molar-refractivity contribution >= 4 is 65.2 Å². The van der Waals surface area contributed by atoms with Crippen LogP contribution < -0.4 is 5.56 Å². The van der Waals surface area contributed by atoms with E-state index in [4.69, 9.17) is 9.97 Å². The first-order valence-corrected chi connectivity index (χ1v) is 16.1. The van der Waals surface area contributed by atoms with Crippen LogP contribution in [-0.4, -0.2) is 19.1 Å². The van der Waals surface area contributed by atoms with Crippen LogP contribution in [0.5, 0.6) is 0 Å². The number of para-hydroxylation sites is 3. The van der Waals surface area contributed by atoms with E-state index < -0.39 is 0 Å². The number of rotatable bonds is 3. The van der Waals surface area contributed by atoms with Crippen LogP contribution in [0.3, 0.4) is 0 Å². The molecule has 0 bridgehead atoms. The van der Waals surface area contributed by atoms with Gasteiger partial charge in [0, 0.05) is 38.2 Å². The number of nitrogens with zero attached hydrogens (tertiary/aromatic N) is 4. The third-order valence-corrected chi connectivity index (χ3v) is 9.51. The van der Waals surface area contributed by atoms with Gasteiger partial charge in [0.05, 0.1) is 27.8 Å². The molecule has 0 aliphatic heterocycles. The minimum atomic E-state index is -0.0675. The fourth-order valence-corrected chi connectivity index (χ4v) is 7.51. The van der Waals surface area contributed by atoms with Crippen molar-refractivity contribution in [3.05, 3.63) is 168 Å². The lowest BCUT2D eigenvalue weighted by Gasteiger charge is -2.18. The van der Waals surface area contributed by atoms with E-state index in [0.29, 0.717) is 11.3 Å². The highest BCUT2D eigenvalue weighted by atomic mass is 16.1. The molecule has 224 valence electrons. The number of hydrogen-bond acceptors (Lipinski definition) is 3. The van der Waals surface area contributed by atoms with E-state index in [0.717, 1.165) is 76.7 Å². The minimum Gasteiger partial charge on any atom is -0.276 e. The molecule has 0 amide bonds. The van der Waals surface area contributed by atoms with Crippen LogP contribution in [-0.2, 0) is 0 Å². The summed E-state index contributed by atoms with van der Waals surface area (Å²) in [7, 11) is 0. The highest BCUT2D eigenvalue weighted by molar-refractivity contribution is 6.35. The molecule has 0 N–H and O–H groups in total. The Labute approximate surface area is 274 Å². The molecule has 48 heavy (non-hydrogen) atoms. The highest BCUT2D eigenvalue weighted by Crippen LogP contribution is 2.44. The monoisotopic (exact) mass is 614 g/mol. The van der Waals surface area contributed by atoms with Gasteiger partial charge < -0.3 is 0 Å². The van der Waals surface area contributed by atoms with E-state index in [-0.39, 0.29) is 5.56 Å². The van der Waals surface area contributed by atoms with Crippen LogP contribution in [0.15, 0.2) is 163 Å². The number of fused-ring (bicyclic) bond motifs is 11. The maximum Gasteiger partial charge on any atom is 0.263 e. The zero-order valence-corrected chi connectivity index (χ0v) is 25.7. The summed E-state index contributed by atoms with van der Waals surface area (Å²) in [4.78, 5) is 25.3. The summed E-state index contributed by atoms with van der Waals surface area (Å²) in [6, 6.07) is 53.3. The fraction of sp³-hybridized carbons (Fsp3) is 0. The van der Waals surface area contributed by atoms with Crippen LogP contribution in [0, 0.1) is 0 Å². The van der Waals surface area contributed by atoms with Crippen molar-refractivity contribution in [3.63, 3.8) is 0 Å². The molecular weight excluding hydrogens is 589 g/mol. The lowest BCUT2D eigenvalue weighted by molar-refractivity contribution is 1.01. The van der Waals surface area contributed by atoms with Gasteiger partial charge in [-0.05, 0) is 46.5 Å². The van der Waals surface area contributed by atoms with Crippen LogP contribution >= 0.6 is 0 Å². The number of benzene rings is 7. The Morgan fingerprint density at radius 2 is 0.917 bits per heavy atom. The van der Waals surface area contributed by atoms with Crippen LogP contribution in [0.4, 0.5) is 0 Å². The van der Waals surface area contributed by atoms with Crippen molar-refractivity contribution < 1.29 is 0 Å². The molecule has 5 heteroatoms. The second-order valence-electron chi connectivity index (χ2n) is 12.1. The van der Waals surface area contributed by atoms with E-state index in [1.165, 1.54) is 0 Å². The van der Waals surface area contributed by atoms with Gasteiger partial charge in [-0.1, -0.05) is 127 Å². The lowest BCUT2D eigenvalue weighted by atomic mass is 9.95. The predicted octanol–water partition coefficient (Wildman–Crippen LogP) is 10.0. The molecule has 0 saturated heterocycles. The topological polar surface area (TPSA) is 52.7 Å². The summed E-state index contributed by atoms with van der Waals surface area (Å²) in [5, 5.41) is 7.94. The Kier molecular flexibility index (Phi) is 5.66. The van der Waals surface area contributed by atoms with Gasteiger partial charge in [-0.3, -0.25) is 13.9 Å². The molecule has 0 atom stereocenters. The number of pyridine rings is 1. The number of hydrogen-bond donors (Lipinski definition) is 0. The summed E-state index contributed by atoms with van der Waals surface area (Å²) in [5.74, 6) is 0.551. The summed E-state index contributed by atoms with van der Waals surface area (Å²) in [5.41, 5.74) is 6.15. The third kappa shape index (κ3) is 3.70. The molecule has 10 rings (SSSR count). The first-order valence-electron chi connectivity index (χ1n) is 16.1. The Morgan fingerprint density at radius 1 is 0.417 bits per heavy atom. The van der Waals surface area contributed by atoms with E-state index in [1.807, 2.05) is 89.5 Å². The number of aromatic nitrogens is 4. The second-order valence-corrected chi connectivity index (χ2v) is 12.1. The van der Waals surface area contributed by atoms with Gasteiger partial charge in [-0.25, -0.2) is 9.97 Å². The Morgan fingerprint density at radius 3 is 1.62 bits per heavy atom. The summed E-state index contributed by atoms with van der Waals surface area (Å²) in [6.07, 6.45) is 0. The first-order chi connectivity index (χ1) is 23.8. The first kappa shape index (κ1) is 26.6. The molecule has 5 nitrogen and oxygen atoms in total. The largest absolute Gasteiger partial charge is 0.276 e. The Hall–Kier alpha value is -6.59. The zero-order valence-electron chi connectivity index (χ0n) is 25.7. The van der Waals surface area contributed by atoms with E-state index >= 15 is 0 Å². The van der Waals surface area contributed by atoms with E-state index in [2.05, 4.69) is 77.4 Å². The summed E-state index contributed by atoms with van der Waals surface area (Å²) in [6.45, 7) is 0. The standard InChI is InChI=1S/C43H26N4O/c48-42-32-22-10-9-21-31(32)37-29-19-7-8-20-30(29)38-34-24-12-14-26-36(34)47(41(38)40(37)46(42)28-17-5-2-6-18-28)43-44-35-25-13-11-23-33(35)39(45-43)27-15-3-1-4-16-27/h1-26H. The molecule has 3 heterocycles. The predicted molar refractivity (Wildman–Crippen MR) is 197 cm³/mol. The summed E-state index contributed by atoms with van der Waals surface area (Å²) < 4.78 is 4.06. The van der Waals surface area contributed by atoms with Crippen LogP contribution in [0.2, 0.25) is 0 Å². The Bertz CT molecular complexity index is 2960. The Balaban J connectivity index is 1.52. The van der Waals surface area contributed by atoms with Gasteiger partial charge in [-0.15, -0.1) is 0 Å². The molecular formula is C43H26N4O. The van der Waals surface area contributed by atoms with E-state index in [1.54, 1.807) is 0 Å². The maximum absolute atomic E-state index is 14.7. The molecule has 0 aliphatic carbocycles. The van der Waals surface area contributed by atoms with Gasteiger partial charge >= 0.3 is 0 Å². The SMILES string of the molecule is O=c1c2ccccc2c2c3ccccc3c3c4ccccc4n(-c4nc(-c5ccccc5)c5ccccc5n4)c3c2n1-c1ccccc1. The van der Waals surface area contributed by atoms with Crippen LogP contribution in [0.1, 0.15) is 0 Å². The van der Waals surface area contributed by atoms with Gasteiger partial charge in [0.25, 0.3) is 5.56 Å². The van der Waals surface area contributed by atoms with Crippen LogP contribution in [0.25, 0.3) is 88.0 Å². The maximum atomic E-state index is 14.7. The van der Waals surface area contributed by atoms with Crippen molar-refractivity contribution in [2.45, 2.75) is 0 Å². The smallest absolute Gasteiger partial charge is 0.263 e. The molecule has 0 saturated carbocycles. The van der Waals surface area contributed by atoms with Gasteiger partial charge in [-0.2, -0.15) is 0 Å². The van der Waals surface area contributed by atoms with Crippen molar-refractivity contribution in [2.75, 3.05) is 0 Å². The van der Waals surface area contributed by atoms with Crippen molar-refractivity contribution in [2.24, 2.45) is 0 Å². The molecule has 0 radical (unpaired) electrons. The average molecular weight is 615 g/mol.